The van der Waals surface area contributed by atoms with Gasteiger partial charge in [0.05, 0.1) is 9.82 Å². The van der Waals surface area contributed by atoms with Gasteiger partial charge in [-0.05, 0) is 42.3 Å². The Labute approximate surface area is 173 Å². The summed E-state index contributed by atoms with van der Waals surface area (Å²) < 4.78 is 27.8. The zero-order valence-electron chi connectivity index (χ0n) is 16.7. The molecule has 0 amide bonds. The molecule has 0 N–H and O–H groups in total. The summed E-state index contributed by atoms with van der Waals surface area (Å²) in [7, 11) is -3.64. The highest BCUT2D eigenvalue weighted by Crippen LogP contribution is 2.45. The number of nitro groups is 1. The summed E-state index contributed by atoms with van der Waals surface area (Å²) in [6, 6.07) is 5.20. The summed E-state index contributed by atoms with van der Waals surface area (Å²) in [5.74, 6) is 0.573. The Morgan fingerprint density at radius 3 is 2.11 bits per heavy atom. The molecule has 0 aromatic heterocycles. The number of unbranched alkanes of at least 4 members (excludes halogenated alkanes) is 1. The molecule has 2 atom stereocenters. The quantitative estimate of drug-likeness (QED) is 0.509. The fourth-order valence-corrected chi connectivity index (χ4v) is 5.83. The van der Waals surface area contributed by atoms with Gasteiger partial charge >= 0.3 is 0 Å². The average Bonchev–Trinajstić information content (AvgIpc) is 2.59. The Bertz CT molecular complexity index is 780. The number of nitro benzene ring substituents is 1. The van der Waals surface area contributed by atoms with E-state index in [1.807, 2.05) is 0 Å². The molecule has 2 heterocycles. The van der Waals surface area contributed by atoms with Gasteiger partial charge < -0.3 is 4.90 Å². The van der Waals surface area contributed by atoms with E-state index in [9.17, 15) is 18.5 Å². The maximum Gasteiger partial charge on any atom is 0.269 e. The summed E-state index contributed by atoms with van der Waals surface area (Å²) in [5.41, 5.74) is 0.0154. The molecule has 0 spiro atoms. The van der Waals surface area contributed by atoms with Crippen LogP contribution in [0.2, 0.25) is 0 Å². The van der Waals surface area contributed by atoms with E-state index in [1.165, 1.54) is 30.7 Å². The predicted octanol–water partition coefficient (Wildman–Crippen LogP) is 3.40. The third-order valence-corrected chi connectivity index (χ3v) is 8.27. The smallest absolute Gasteiger partial charge is 0.269 e. The first-order chi connectivity index (χ1) is 12.7. The number of hydrogen-bond acceptors (Lipinski definition) is 5. The number of hydrogen-bond donors (Lipinski definition) is 0. The number of likely N-dealkylation sites (tertiary alicyclic amines) is 1. The molecule has 1 aromatic carbocycles. The number of nitrogens with zero attached hydrogens (tertiary/aromatic N) is 3. The molecule has 2 aliphatic rings. The van der Waals surface area contributed by atoms with Gasteiger partial charge in [0, 0.05) is 38.3 Å². The number of halogens is 1. The number of rotatable bonds is 6. The van der Waals surface area contributed by atoms with E-state index in [1.54, 1.807) is 4.31 Å². The summed E-state index contributed by atoms with van der Waals surface area (Å²) in [5, 5.41) is 10.8. The number of benzene rings is 1. The SMILES string of the molecule is CCCCN1CC2CN(S(=O)(=O)c3ccc([N+](=O)[O-])cc3)CC(C1)C2(C)C.Cl. The molecule has 7 nitrogen and oxygen atoms in total. The molecular formula is C19H30ClN3O4S. The second-order valence-corrected chi connectivity index (χ2v) is 10.3. The van der Waals surface area contributed by atoms with Crippen molar-refractivity contribution in [3.63, 3.8) is 0 Å². The number of sulfonamides is 1. The third-order valence-electron chi connectivity index (χ3n) is 6.42. The van der Waals surface area contributed by atoms with Crippen LogP contribution in [0.4, 0.5) is 5.69 Å². The maximum absolute atomic E-state index is 13.1. The normalized spacial score (nSPS) is 25.1. The van der Waals surface area contributed by atoms with Gasteiger partial charge in [-0.15, -0.1) is 12.4 Å². The topological polar surface area (TPSA) is 83.8 Å². The molecule has 2 saturated heterocycles. The van der Waals surface area contributed by atoms with Crippen molar-refractivity contribution in [1.82, 2.24) is 9.21 Å². The Morgan fingerprint density at radius 1 is 1.11 bits per heavy atom. The molecule has 158 valence electrons. The van der Waals surface area contributed by atoms with Crippen LogP contribution in [-0.4, -0.2) is 55.3 Å². The highest BCUT2D eigenvalue weighted by molar-refractivity contribution is 7.89. The van der Waals surface area contributed by atoms with Gasteiger partial charge in [-0.3, -0.25) is 10.1 Å². The largest absolute Gasteiger partial charge is 0.303 e. The molecule has 28 heavy (non-hydrogen) atoms. The lowest BCUT2D eigenvalue weighted by Gasteiger charge is -2.55. The Balaban J connectivity index is 0.00000280. The van der Waals surface area contributed by atoms with E-state index in [-0.39, 0.29) is 40.2 Å². The summed E-state index contributed by atoms with van der Waals surface area (Å²) in [6.07, 6.45) is 2.33. The van der Waals surface area contributed by atoms with Crippen LogP contribution in [0, 0.1) is 27.4 Å². The first-order valence-corrected chi connectivity index (χ1v) is 11.1. The minimum absolute atomic E-state index is 0. The first kappa shape index (κ1) is 23.1. The molecule has 2 bridgehead atoms. The zero-order chi connectivity index (χ0) is 19.8. The number of fused-ring (bicyclic) bond motifs is 2. The van der Waals surface area contributed by atoms with E-state index in [0.29, 0.717) is 13.1 Å². The van der Waals surface area contributed by atoms with Gasteiger partial charge in [0.1, 0.15) is 0 Å². The van der Waals surface area contributed by atoms with Crippen LogP contribution in [0.15, 0.2) is 29.2 Å². The Kier molecular flexibility index (Phi) is 7.12. The Hall–Kier alpha value is -1.22. The highest BCUT2D eigenvalue weighted by Gasteiger charge is 2.49. The fourth-order valence-electron chi connectivity index (χ4n) is 4.30. The molecule has 9 heteroatoms. The maximum atomic E-state index is 13.1. The zero-order valence-corrected chi connectivity index (χ0v) is 18.3. The molecule has 0 radical (unpaired) electrons. The van der Waals surface area contributed by atoms with Crippen LogP contribution in [0.5, 0.6) is 0 Å². The van der Waals surface area contributed by atoms with Crippen LogP contribution in [0.1, 0.15) is 33.6 Å². The van der Waals surface area contributed by atoms with Crippen LogP contribution in [-0.2, 0) is 10.0 Å². The third kappa shape index (κ3) is 4.35. The van der Waals surface area contributed by atoms with Crippen LogP contribution >= 0.6 is 12.4 Å². The molecule has 2 unspecified atom stereocenters. The first-order valence-electron chi connectivity index (χ1n) is 9.63. The van der Waals surface area contributed by atoms with Crippen molar-refractivity contribution in [2.75, 3.05) is 32.7 Å². The van der Waals surface area contributed by atoms with Gasteiger partial charge in [0.25, 0.3) is 5.69 Å². The summed E-state index contributed by atoms with van der Waals surface area (Å²) >= 11 is 0. The van der Waals surface area contributed by atoms with Gasteiger partial charge in [-0.1, -0.05) is 27.2 Å². The lowest BCUT2D eigenvalue weighted by atomic mass is 9.64. The molecule has 0 saturated carbocycles. The molecule has 0 aliphatic carbocycles. The van der Waals surface area contributed by atoms with Crippen molar-refractivity contribution in [2.24, 2.45) is 17.3 Å². The van der Waals surface area contributed by atoms with Crippen molar-refractivity contribution >= 4 is 28.1 Å². The highest BCUT2D eigenvalue weighted by atomic mass is 35.5. The molecule has 2 aliphatic heterocycles. The Morgan fingerprint density at radius 2 is 1.64 bits per heavy atom. The summed E-state index contributed by atoms with van der Waals surface area (Å²) in [4.78, 5) is 12.9. The molecule has 2 fully saturated rings. The molecule has 1 aromatic rings. The van der Waals surface area contributed by atoms with Crippen molar-refractivity contribution in [3.05, 3.63) is 34.4 Å². The number of piperidine rings is 2. The van der Waals surface area contributed by atoms with Crippen molar-refractivity contribution in [2.45, 2.75) is 38.5 Å². The fraction of sp³-hybridized carbons (Fsp3) is 0.684. The lowest BCUT2D eigenvalue weighted by molar-refractivity contribution is -0.384. The monoisotopic (exact) mass is 431 g/mol. The minimum atomic E-state index is -3.64. The van der Waals surface area contributed by atoms with Crippen LogP contribution in [0.3, 0.4) is 0 Å². The van der Waals surface area contributed by atoms with Gasteiger partial charge in [-0.2, -0.15) is 4.31 Å². The van der Waals surface area contributed by atoms with Crippen molar-refractivity contribution < 1.29 is 13.3 Å². The molecular weight excluding hydrogens is 402 g/mol. The van der Waals surface area contributed by atoms with E-state index < -0.39 is 14.9 Å². The summed E-state index contributed by atoms with van der Waals surface area (Å²) in [6.45, 7) is 10.6. The van der Waals surface area contributed by atoms with Crippen LogP contribution < -0.4 is 0 Å². The van der Waals surface area contributed by atoms with E-state index in [0.717, 1.165) is 26.1 Å². The number of non-ortho nitro benzene ring substituents is 1. The second kappa shape index (κ2) is 8.65. The standard InChI is InChI=1S/C19H29N3O4S.ClH/c1-4-5-10-20-11-15-13-21(14-16(12-20)19(15,2)3)27(25,26)18-8-6-17(7-9-18)22(23)24;/h6-9,15-16H,4-5,10-14H2,1-3H3;1H. The lowest BCUT2D eigenvalue weighted by Crippen LogP contribution is -2.62. The van der Waals surface area contributed by atoms with Crippen LogP contribution in [0.25, 0.3) is 0 Å². The average molecular weight is 432 g/mol. The van der Waals surface area contributed by atoms with Crippen molar-refractivity contribution in [1.29, 1.82) is 0 Å². The van der Waals surface area contributed by atoms with E-state index in [2.05, 4.69) is 25.7 Å². The molecule has 3 rings (SSSR count). The predicted molar refractivity (Wildman–Crippen MR) is 111 cm³/mol. The van der Waals surface area contributed by atoms with Crippen molar-refractivity contribution in [3.8, 4) is 0 Å². The van der Waals surface area contributed by atoms with Gasteiger partial charge in [0.15, 0.2) is 0 Å². The van der Waals surface area contributed by atoms with Gasteiger partial charge in [-0.25, -0.2) is 8.42 Å². The minimum Gasteiger partial charge on any atom is -0.303 e. The second-order valence-electron chi connectivity index (χ2n) is 8.40. The van der Waals surface area contributed by atoms with Gasteiger partial charge in [0.2, 0.25) is 10.0 Å². The van der Waals surface area contributed by atoms with E-state index in [4.69, 9.17) is 0 Å². The van der Waals surface area contributed by atoms with E-state index >= 15 is 0 Å².